The molecule has 0 saturated heterocycles. The van der Waals surface area contributed by atoms with Crippen LogP contribution < -0.4 is 21.6 Å². The number of alkyl carbamates (subject to hydrolysis) is 1. The molecule has 1 aromatic heterocycles. The summed E-state index contributed by atoms with van der Waals surface area (Å²) < 4.78 is 11.4. The van der Waals surface area contributed by atoms with Gasteiger partial charge in [-0.25, -0.2) is 15.6 Å². The molecule has 1 saturated carbocycles. The van der Waals surface area contributed by atoms with E-state index in [1.54, 1.807) is 14.0 Å². The molecule has 1 aromatic rings. The van der Waals surface area contributed by atoms with Crippen LogP contribution in [-0.4, -0.2) is 35.8 Å². The summed E-state index contributed by atoms with van der Waals surface area (Å²) in [5.74, 6) is 6.70. The van der Waals surface area contributed by atoms with Gasteiger partial charge >= 0.3 is 6.09 Å². The van der Waals surface area contributed by atoms with E-state index in [1.807, 2.05) is 19.1 Å². The maximum atomic E-state index is 11.7. The normalized spacial score (nSPS) is 15.3. The van der Waals surface area contributed by atoms with E-state index in [9.17, 15) is 4.79 Å². The summed E-state index contributed by atoms with van der Waals surface area (Å²) in [6.45, 7) is 7.20. The average Bonchev–Trinajstić information content (AvgIpc) is 2.68. The van der Waals surface area contributed by atoms with E-state index in [2.05, 4.69) is 16.9 Å². The minimum Gasteiger partial charge on any atom is -0.489 e. The topological polar surface area (TPSA) is 116 Å². The number of allylic oxidation sites excluding steroid dienone is 1. The van der Waals surface area contributed by atoms with Gasteiger partial charge in [0.1, 0.15) is 12.4 Å². The van der Waals surface area contributed by atoms with Crippen LogP contribution in [0.4, 0.5) is 4.79 Å². The number of hydrogen-bond acceptors (Lipinski definition) is 7. The third-order valence-corrected chi connectivity index (χ3v) is 4.78. The van der Waals surface area contributed by atoms with Crippen molar-refractivity contribution in [1.82, 2.24) is 15.3 Å². The van der Waals surface area contributed by atoms with Gasteiger partial charge in [-0.1, -0.05) is 19.9 Å². The van der Waals surface area contributed by atoms with Gasteiger partial charge < -0.3 is 20.2 Å². The quantitative estimate of drug-likeness (QED) is 0.451. The Bertz CT molecular complexity index is 755. The number of aromatic nitrogens is 1. The maximum Gasteiger partial charge on any atom is 0.411 e. The van der Waals surface area contributed by atoms with E-state index in [-0.39, 0.29) is 12.7 Å². The second kappa shape index (κ2) is 10.7. The molecule has 0 atom stereocenters. The van der Waals surface area contributed by atoms with Crippen LogP contribution >= 0.6 is 0 Å². The second-order valence-electron chi connectivity index (χ2n) is 7.33. The Kier molecular flexibility index (Phi) is 8.33. The number of rotatable bonds is 8. The number of nitrogens with two attached hydrogens (primary N) is 2. The van der Waals surface area contributed by atoms with E-state index >= 15 is 0 Å². The summed E-state index contributed by atoms with van der Waals surface area (Å²) in [6, 6.07) is 3.72. The Morgan fingerprint density at radius 1 is 1.34 bits per heavy atom. The van der Waals surface area contributed by atoms with Gasteiger partial charge in [0.05, 0.1) is 28.9 Å². The van der Waals surface area contributed by atoms with Gasteiger partial charge in [0, 0.05) is 12.7 Å². The summed E-state index contributed by atoms with van der Waals surface area (Å²) in [5, 5.41) is 3.79. The summed E-state index contributed by atoms with van der Waals surface area (Å²) in [4.78, 5) is 16.4. The number of hydrogen-bond donors (Lipinski definition) is 3. The average molecular weight is 404 g/mol. The molecular formula is C21H33N5O3. The zero-order valence-corrected chi connectivity index (χ0v) is 17.7. The van der Waals surface area contributed by atoms with Gasteiger partial charge in [-0.15, -0.1) is 0 Å². The third kappa shape index (κ3) is 6.67. The number of ether oxygens (including phenoxy) is 2. The lowest BCUT2D eigenvalue weighted by molar-refractivity contribution is 0.150. The highest BCUT2D eigenvalue weighted by molar-refractivity contribution is 5.70. The molecule has 160 valence electrons. The molecule has 5 N–H and O–H groups in total. The van der Waals surface area contributed by atoms with E-state index < -0.39 is 6.09 Å². The Balaban J connectivity index is 2.19. The number of amides is 1. The van der Waals surface area contributed by atoms with Gasteiger partial charge in [-0.2, -0.15) is 0 Å². The molecule has 1 heterocycles. The van der Waals surface area contributed by atoms with Crippen LogP contribution in [0.15, 0.2) is 30.1 Å². The Morgan fingerprint density at radius 2 is 2.03 bits per heavy atom. The smallest absolute Gasteiger partial charge is 0.411 e. The van der Waals surface area contributed by atoms with Crippen molar-refractivity contribution in [2.45, 2.75) is 58.5 Å². The largest absolute Gasteiger partial charge is 0.489 e. The minimum atomic E-state index is -0.622. The molecule has 0 aliphatic heterocycles. The molecule has 2 rings (SSSR count). The highest BCUT2D eigenvalue weighted by Gasteiger charge is 2.18. The van der Waals surface area contributed by atoms with E-state index in [0.29, 0.717) is 29.2 Å². The monoisotopic (exact) mass is 403 g/mol. The van der Waals surface area contributed by atoms with Crippen molar-refractivity contribution in [2.24, 2.45) is 11.6 Å². The number of pyridine rings is 1. The predicted molar refractivity (Wildman–Crippen MR) is 113 cm³/mol. The Morgan fingerprint density at radius 3 is 2.62 bits per heavy atom. The number of hydrazine groups is 1. The fourth-order valence-corrected chi connectivity index (χ4v) is 3.22. The van der Waals surface area contributed by atoms with Gasteiger partial charge in [-0.05, 0) is 51.2 Å². The molecule has 1 fully saturated rings. The lowest BCUT2D eigenvalue weighted by Gasteiger charge is -2.24. The molecule has 0 bridgehead atoms. The fraction of sp³-hybridized carbons (Fsp3) is 0.524. The SMILES string of the molecule is C=C(C)NC(=O)OC/C(=C(/N)c1ccc(OC2CCCCC2)c(CC)n1)N(C)N. The zero-order chi connectivity index (χ0) is 21.4. The summed E-state index contributed by atoms with van der Waals surface area (Å²) in [5.41, 5.74) is 8.99. The van der Waals surface area contributed by atoms with Crippen molar-refractivity contribution in [1.29, 1.82) is 0 Å². The molecule has 8 nitrogen and oxygen atoms in total. The van der Waals surface area contributed by atoms with E-state index in [1.165, 1.54) is 24.3 Å². The van der Waals surface area contributed by atoms with Crippen LogP contribution in [-0.2, 0) is 11.2 Å². The van der Waals surface area contributed by atoms with E-state index in [0.717, 1.165) is 24.3 Å². The molecule has 1 aliphatic rings. The number of aryl methyl sites for hydroxylation is 1. The fourth-order valence-electron chi connectivity index (χ4n) is 3.22. The standard InChI is InChI=1S/C21H33N5O3/c1-5-16-19(29-15-9-7-6-8-10-15)12-11-17(25-16)20(22)18(26(4)23)13-28-21(27)24-14(2)3/h11-12,15H,2,5-10,13,22-23H2,1,3-4H3,(H,24,27)/b20-18-. The van der Waals surface area contributed by atoms with Crippen molar-refractivity contribution in [3.05, 3.63) is 41.5 Å². The maximum absolute atomic E-state index is 11.7. The molecule has 1 aliphatic carbocycles. The van der Waals surface area contributed by atoms with Crippen molar-refractivity contribution in [3.8, 4) is 5.75 Å². The molecule has 0 aromatic carbocycles. The van der Waals surface area contributed by atoms with Crippen LogP contribution in [0.25, 0.3) is 5.70 Å². The van der Waals surface area contributed by atoms with E-state index in [4.69, 9.17) is 21.1 Å². The zero-order valence-electron chi connectivity index (χ0n) is 17.7. The summed E-state index contributed by atoms with van der Waals surface area (Å²) in [6.07, 6.45) is 6.20. The van der Waals surface area contributed by atoms with Gasteiger partial charge in [0.15, 0.2) is 0 Å². The highest BCUT2D eigenvalue weighted by atomic mass is 16.5. The number of nitrogens with one attached hydrogen (secondary N) is 1. The van der Waals surface area contributed by atoms with Crippen molar-refractivity contribution < 1.29 is 14.3 Å². The van der Waals surface area contributed by atoms with Crippen LogP contribution in [0.1, 0.15) is 57.3 Å². The molecule has 1 amide bonds. The van der Waals surface area contributed by atoms with Crippen molar-refractivity contribution >= 4 is 11.8 Å². The van der Waals surface area contributed by atoms with Crippen LogP contribution in [0.5, 0.6) is 5.75 Å². The minimum absolute atomic E-state index is 0.0958. The summed E-state index contributed by atoms with van der Waals surface area (Å²) in [7, 11) is 1.63. The number of likely N-dealkylation sites (N-methyl/N-ethyl adjacent to an activating group) is 1. The Labute approximate surface area is 172 Å². The highest BCUT2D eigenvalue weighted by Crippen LogP contribution is 2.27. The first-order chi connectivity index (χ1) is 13.8. The number of carbonyl (C=O) groups excluding carboxylic acids is 1. The number of carbonyl (C=O) groups is 1. The first kappa shape index (κ1) is 22.5. The lowest BCUT2D eigenvalue weighted by Crippen LogP contribution is -2.32. The van der Waals surface area contributed by atoms with Gasteiger partial charge in [0.2, 0.25) is 0 Å². The molecule has 0 unspecified atom stereocenters. The molecule has 0 spiro atoms. The summed E-state index contributed by atoms with van der Waals surface area (Å²) >= 11 is 0. The van der Waals surface area contributed by atoms with Crippen LogP contribution in [0.3, 0.4) is 0 Å². The van der Waals surface area contributed by atoms with Crippen LogP contribution in [0, 0.1) is 0 Å². The van der Waals surface area contributed by atoms with Gasteiger partial charge in [0.25, 0.3) is 0 Å². The molecule has 0 radical (unpaired) electrons. The van der Waals surface area contributed by atoms with Crippen molar-refractivity contribution in [3.63, 3.8) is 0 Å². The van der Waals surface area contributed by atoms with Gasteiger partial charge in [-0.3, -0.25) is 5.32 Å². The molecular weight excluding hydrogens is 370 g/mol. The molecule has 29 heavy (non-hydrogen) atoms. The second-order valence-corrected chi connectivity index (χ2v) is 7.33. The molecule has 8 heteroatoms. The first-order valence-electron chi connectivity index (χ1n) is 10.0. The van der Waals surface area contributed by atoms with Crippen molar-refractivity contribution in [2.75, 3.05) is 13.7 Å². The predicted octanol–water partition coefficient (Wildman–Crippen LogP) is 3.05. The van der Waals surface area contributed by atoms with Crippen LogP contribution in [0.2, 0.25) is 0 Å². The Hall–Kier alpha value is -2.74. The first-order valence-corrected chi connectivity index (χ1v) is 10.0. The third-order valence-electron chi connectivity index (χ3n) is 4.78. The number of nitrogens with zero attached hydrogens (tertiary/aromatic N) is 2. The lowest BCUT2D eigenvalue weighted by atomic mass is 9.98.